The average molecular weight is 240 g/mol. The van der Waals surface area contributed by atoms with Crippen LogP contribution in [-0.4, -0.2) is 40.0 Å². The number of hydrogen-bond acceptors (Lipinski definition) is 6. The van der Waals surface area contributed by atoms with Crippen molar-refractivity contribution in [3.63, 3.8) is 0 Å². The lowest BCUT2D eigenvalue weighted by Gasteiger charge is -1.87. The van der Waals surface area contributed by atoms with Gasteiger partial charge in [-0.05, 0) is 6.92 Å². The second-order valence-electron chi connectivity index (χ2n) is 3.22. The summed E-state index contributed by atoms with van der Waals surface area (Å²) in [4.78, 5) is 3.81. The molecule has 0 aliphatic rings. The standard InChI is InChI=1S/C5H9N3O.C4H7N3O/c1-2-8-4-6-5(3-9)7-8;1-7-2-4(3-8)5-6-7/h4,9H,2-3H2,1H3;2,8H,3H2,1H3. The Hall–Kier alpha value is -1.80. The highest BCUT2D eigenvalue weighted by atomic mass is 16.3. The topological polar surface area (TPSA) is 102 Å². The first kappa shape index (κ1) is 13.3. The van der Waals surface area contributed by atoms with Gasteiger partial charge in [0.1, 0.15) is 18.6 Å². The van der Waals surface area contributed by atoms with Gasteiger partial charge < -0.3 is 10.2 Å². The van der Waals surface area contributed by atoms with Crippen LogP contribution in [0.25, 0.3) is 0 Å². The summed E-state index contributed by atoms with van der Waals surface area (Å²) >= 11 is 0. The van der Waals surface area contributed by atoms with Gasteiger partial charge in [-0.1, -0.05) is 5.21 Å². The summed E-state index contributed by atoms with van der Waals surface area (Å²) in [7, 11) is 1.76. The molecule has 0 atom stereocenters. The Labute approximate surface area is 98.5 Å². The van der Waals surface area contributed by atoms with Gasteiger partial charge in [0.05, 0.1) is 12.8 Å². The van der Waals surface area contributed by atoms with Crippen molar-refractivity contribution in [2.45, 2.75) is 26.7 Å². The molecule has 0 bridgehead atoms. The second-order valence-corrected chi connectivity index (χ2v) is 3.22. The van der Waals surface area contributed by atoms with Crippen LogP contribution in [0, 0.1) is 0 Å². The predicted octanol–water partition coefficient (Wildman–Crippen LogP) is -0.902. The normalized spacial score (nSPS) is 9.88. The smallest absolute Gasteiger partial charge is 0.175 e. The largest absolute Gasteiger partial charge is 0.390 e. The molecule has 0 spiro atoms. The molecule has 0 amide bonds. The minimum Gasteiger partial charge on any atom is -0.390 e. The molecule has 2 heterocycles. The lowest BCUT2D eigenvalue weighted by molar-refractivity contribution is 0.270. The molecular weight excluding hydrogens is 224 g/mol. The lowest BCUT2D eigenvalue weighted by atomic mass is 10.5. The van der Waals surface area contributed by atoms with E-state index in [2.05, 4.69) is 20.4 Å². The van der Waals surface area contributed by atoms with Crippen LogP contribution in [0.2, 0.25) is 0 Å². The Morgan fingerprint density at radius 2 is 2.06 bits per heavy atom. The SMILES string of the molecule is CCn1cnc(CO)n1.Cn1cc(CO)nn1. The zero-order chi connectivity index (χ0) is 12.7. The maximum atomic E-state index is 8.51. The number of rotatable bonds is 3. The molecule has 8 heteroatoms. The van der Waals surface area contributed by atoms with E-state index in [9.17, 15) is 0 Å². The van der Waals surface area contributed by atoms with Crippen LogP contribution in [0.15, 0.2) is 12.5 Å². The maximum Gasteiger partial charge on any atom is 0.175 e. The van der Waals surface area contributed by atoms with Gasteiger partial charge in [-0.2, -0.15) is 5.10 Å². The monoisotopic (exact) mass is 240 g/mol. The van der Waals surface area contributed by atoms with E-state index in [1.54, 1.807) is 28.9 Å². The Bertz CT molecular complexity index is 420. The maximum absolute atomic E-state index is 8.51. The van der Waals surface area contributed by atoms with E-state index in [0.29, 0.717) is 11.5 Å². The van der Waals surface area contributed by atoms with Gasteiger partial charge in [0.15, 0.2) is 5.82 Å². The molecule has 0 saturated heterocycles. The Morgan fingerprint density at radius 1 is 1.29 bits per heavy atom. The summed E-state index contributed by atoms with van der Waals surface area (Å²) in [6, 6.07) is 0. The van der Waals surface area contributed by atoms with Crippen molar-refractivity contribution >= 4 is 0 Å². The number of nitrogens with zero attached hydrogens (tertiary/aromatic N) is 6. The first-order valence-electron chi connectivity index (χ1n) is 5.14. The van der Waals surface area contributed by atoms with Crippen LogP contribution in [-0.2, 0) is 26.8 Å². The Kier molecular flexibility index (Phi) is 5.24. The van der Waals surface area contributed by atoms with Gasteiger partial charge in [-0.3, -0.25) is 9.36 Å². The Balaban J connectivity index is 0.000000171. The third-order valence-electron chi connectivity index (χ3n) is 1.86. The molecule has 2 aromatic rings. The van der Waals surface area contributed by atoms with E-state index < -0.39 is 0 Å². The van der Waals surface area contributed by atoms with Crippen LogP contribution in [0.5, 0.6) is 0 Å². The minimum atomic E-state index is -0.0764. The van der Waals surface area contributed by atoms with Gasteiger partial charge in [0.25, 0.3) is 0 Å². The van der Waals surface area contributed by atoms with Crippen molar-refractivity contribution in [3.05, 3.63) is 24.0 Å². The first-order chi connectivity index (χ1) is 8.19. The van der Waals surface area contributed by atoms with E-state index in [1.807, 2.05) is 6.92 Å². The molecule has 94 valence electrons. The van der Waals surface area contributed by atoms with Crippen LogP contribution in [0.4, 0.5) is 0 Å². The third-order valence-corrected chi connectivity index (χ3v) is 1.86. The molecule has 0 aliphatic carbocycles. The highest BCUT2D eigenvalue weighted by molar-refractivity contribution is 4.87. The summed E-state index contributed by atoms with van der Waals surface area (Å²) < 4.78 is 3.22. The predicted molar refractivity (Wildman–Crippen MR) is 58.5 cm³/mol. The van der Waals surface area contributed by atoms with Crippen molar-refractivity contribution in [3.8, 4) is 0 Å². The number of aliphatic hydroxyl groups is 2. The number of aliphatic hydroxyl groups excluding tert-OH is 2. The molecule has 0 unspecified atom stereocenters. The van der Waals surface area contributed by atoms with Crippen molar-refractivity contribution in [1.29, 1.82) is 0 Å². The van der Waals surface area contributed by atoms with E-state index >= 15 is 0 Å². The van der Waals surface area contributed by atoms with Crippen LogP contribution >= 0.6 is 0 Å². The summed E-state index contributed by atoms with van der Waals surface area (Å²) in [5.41, 5.74) is 0.604. The molecule has 2 N–H and O–H groups in total. The third kappa shape index (κ3) is 4.29. The molecule has 0 radical (unpaired) electrons. The fourth-order valence-electron chi connectivity index (χ4n) is 1.03. The minimum absolute atomic E-state index is 0.0339. The van der Waals surface area contributed by atoms with Gasteiger partial charge >= 0.3 is 0 Å². The van der Waals surface area contributed by atoms with Crippen molar-refractivity contribution in [2.24, 2.45) is 7.05 Å². The van der Waals surface area contributed by atoms with Crippen molar-refractivity contribution in [1.82, 2.24) is 29.8 Å². The molecular formula is C9H16N6O2. The molecule has 17 heavy (non-hydrogen) atoms. The quantitative estimate of drug-likeness (QED) is 0.720. The van der Waals surface area contributed by atoms with Gasteiger partial charge in [-0.25, -0.2) is 4.98 Å². The molecule has 8 nitrogen and oxygen atoms in total. The summed E-state index contributed by atoms with van der Waals surface area (Å²) in [5.74, 6) is 0.483. The van der Waals surface area contributed by atoms with Crippen LogP contribution < -0.4 is 0 Å². The summed E-state index contributed by atoms with van der Waals surface area (Å²) in [6.07, 6.45) is 3.27. The van der Waals surface area contributed by atoms with Crippen molar-refractivity contribution in [2.75, 3.05) is 0 Å². The highest BCUT2D eigenvalue weighted by Gasteiger charge is 1.94. The highest BCUT2D eigenvalue weighted by Crippen LogP contribution is 1.87. The average Bonchev–Trinajstić information content (AvgIpc) is 2.97. The fourth-order valence-corrected chi connectivity index (χ4v) is 1.03. The second kappa shape index (κ2) is 6.71. The number of aryl methyl sites for hydroxylation is 2. The van der Waals surface area contributed by atoms with Crippen molar-refractivity contribution < 1.29 is 10.2 Å². The van der Waals surface area contributed by atoms with Gasteiger partial charge in [0.2, 0.25) is 0 Å². The number of aromatic nitrogens is 6. The first-order valence-corrected chi connectivity index (χ1v) is 5.14. The molecule has 0 aromatic carbocycles. The molecule has 0 aliphatic heterocycles. The van der Waals surface area contributed by atoms with Crippen LogP contribution in [0.3, 0.4) is 0 Å². The van der Waals surface area contributed by atoms with E-state index in [4.69, 9.17) is 10.2 Å². The zero-order valence-electron chi connectivity index (χ0n) is 9.85. The van der Waals surface area contributed by atoms with Crippen LogP contribution in [0.1, 0.15) is 18.4 Å². The lowest BCUT2D eigenvalue weighted by Crippen LogP contribution is -1.95. The summed E-state index contributed by atoms with van der Waals surface area (Å²) in [5, 5.41) is 28.0. The van der Waals surface area contributed by atoms with E-state index in [0.717, 1.165) is 6.54 Å². The van der Waals surface area contributed by atoms with E-state index in [1.165, 1.54) is 0 Å². The molecule has 0 fully saturated rings. The fraction of sp³-hybridized carbons (Fsp3) is 0.556. The number of hydrogen-bond donors (Lipinski definition) is 2. The van der Waals surface area contributed by atoms with Gasteiger partial charge in [-0.15, -0.1) is 5.10 Å². The summed E-state index contributed by atoms with van der Waals surface area (Å²) in [6.45, 7) is 2.66. The van der Waals surface area contributed by atoms with E-state index in [-0.39, 0.29) is 13.2 Å². The Morgan fingerprint density at radius 3 is 2.35 bits per heavy atom. The van der Waals surface area contributed by atoms with Gasteiger partial charge in [0, 0.05) is 13.6 Å². The molecule has 2 rings (SSSR count). The molecule has 2 aromatic heterocycles. The zero-order valence-corrected chi connectivity index (χ0v) is 9.85. The molecule has 0 saturated carbocycles.